The van der Waals surface area contributed by atoms with Crippen LogP contribution in [0.3, 0.4) is 0 Å². The topological polar surface area (TPSA) is 29.5 Å². The Morgan fingerprint density at radius 2 is 2.00 bits per heavy atom. The fourth-order valence-corrected chi connectivity index (χ4v) is 3.91. The van der Waals surface area contributed by atoms with Crippen molar-refractivity contribution in [2.24, 2.45) is 0 Å². The molecule has 3 nitrogen and oxygen atoms in total. The number of carbonyl (C=O) groups is 1. The smallest absolute Gasteiger partial charge is 0.411 e. The minimum atomic E-state index is -0.472. The van der Waals surface area contributed by atoms with Crippen molar-refractivity contribution in [3.8, 4) is 0 Å². The summed E-state index contributed by atoms with van der Waals surface area (Å²) < 4.78 is 5.55. The summed E-state index contributed by atoms with van der Waals surface area (Å²) in [6.45, 7) is 5.68. The van der Waals surface area contributed by atoms with E-state index in [-0.39, 0.29) is 18.2 Å². The van der Waals surface area contributed by atoms with Crippen molar-refractivity contribution < 1.29 is 9.53 Å². The van der Waals surface area contributed by atoms with E-state index in [1.54, 1.807) is 6.07 Å². The highest BCUT2D eigenvalue weighted by atomic mass is 35.5. The summed E-state index contributed by atoms with van der Waals surface area (Å²) in [5.41, 5.74) is 1.73. The van der Waals surface area contributed by atoms with E-state index >= 15 is 0 Å². The van der Waals surface area contributed by atoms with Gasteiger partial charge in [0.1, 0.15) is 5.60 Å². The van der Waals surface area contributed by atoms with E-state index in [1.807, 2.05) is 37.8 Å². The molecule has 2 bridgehead atoms. The van der Waals surface area contributed by atoms with Gasteiger partial charge >= 0.3 is 6.09 Å². The number of benzene rings is 1. The average molecular weight is 354 g/mol. The molecule has 2 heterocycles. The number of nitrogens with zero attached hydrogens (tertiary/aromatic N) is 1. The van der Waals surface area contributed by atoms with Gasteiger partial charge in [-0.05, 0) is 63.3 Å². The summed E-state index contributed by atoms with van der Waals surface area (Å²) in [4.78, 5) is 14.3. The summed E-state index contributed by atoms with van der Waals surface area (Å²) in [6, 6.07) is 5.85. The number of rotatable bonds is 1. The lowest BCUT2D eigenvalue weighted by molar-refractivity contribution is 0.0175. The number of fused-ring (bicyclic) bond motifs is 2. The van der Waals surface area contributed by atoms with Gasteiger partial charge in [0.2, 0.25) is 0 Å². The molecule has 2 aliphatic heterocycles. The molecule has 5 heteroatoms. The molecule has 2 unspecified atom stereocenters. The molecule has 3 rings (SSSR count). The molecule has 1 saturated heterocycles. The van der Waals surface area contributed by atoms with Crippen molar-refractivity contribution in [3.63, 3.8) is 0 Å². The number of hydrogen-bond acceptors (Lipinski definition) is 2. The number of halogens is 2. The van der Waals surface area contributed by atoms with E-state index in [2.05, 4.69) is 6.08 Å². The van der Waals surface area contributed by atoms with Gasteiger partial charge in [-0.15, -0.1) is 0 Å². The second-order valence-electron chi connectivity index (χ2n) is 7.21. The molecule has 0 radical (unpaired) electrons. The normalized spacial score (nSPS) is 23.7. The zero-order valence-corrected chi connectivity index (χ0v) is 15.1. The fourth-order valence-electron chi connectivity index (χ4n) is 3.38. The SMILES string of the molecule is CC(C)(C)OC(=O)N1C2C=C(c3ccc(Cl)cc3Cl)CC1CC2. The van der Waals surface area contributed by atoms with Gasteiger partial charge in [0, 0.05) is 16.1 Å². The molecule has 23 heavy (non-hydrogen) atoms. The lowest BCUT2D eigenvalue weighted by Crippen LogP contribution is -2.45. The molecular weight excluding hydrogens is 333 g/mol. The molecule has 0 N–H and O–H groups in total. The van der Waals surface area contributed by atoms with Crippen LogP contribution in [0.25, 0.3) is 5.57 Å². The largest absolute Gasteiger partial charge is 0.444 e. The Labute approximate surface area is 147 Å². The molecular formula is C18H21Cl2NO2. The molecule has 1 fully saturated rings. The molecule has 0 saturated carbocycles. The van der Waals surface area contributed by atoms with E-state index < -0.39 is 5.60 Å². The van der Waals surface area contributed by atoms with Crippen molar-refractivity contribution in [1.29, 1.82) is 0 Å². The zero-order chi connectivity index (χ0) is 16.8. The van der Waals surface area contributed by atoms with E-state index in [0.29, 0.717) is 10.0 Å². The molecule has 1 amide bonds. The minimum Gasteiger partial charge on any atom is -0.444 e. The minimum absolute atomic E-state index is 0.0883. The van der Waals surface area contributed by atoms with Crippen LogP contribution in [0.15, 0.2) is 24.3 Å². The van der Waals surface area contributed by atoms with Crippen molar-refractivity contribution in [2.45, 2.75) is 57.7 Å². The monoisotopic (exact) mass is 353 g/mol. The molecule has 2 atom stereocenters. The Balaban J connectivity index is 1.84. The summed E-state index contributed by atoms with van der Waals surface area (Å²) in [5, 5.41) is 1.29. The van der Waals surface area contributed by atoms with Crippen LogP contribution in [-0.4, -0.2) is 28.7 Å². The summed E-state index contributed by atoms with van der Waals surface area (Å²) in [5.74, 6) is 0. The highest BCUT2D eigenvalue weighted by Gasteiger charge is 2.41. The zero-order valence-electron chi connectivity index (χ0n) is 13.6. The molecule has 2 aliphatic rings. The van der Waals surface area contributed by atoms with Crippen LogP contribution in [0.4, 0.5) is 4.79 Å². The van der Waals surface area contributed by atoms with Gasteiger partial charge in [-0.2, -0.15) is 0 Å². The fraction of sp³-hybridized carbons (Fsp3) is 0.500. The van der Waals surface area contributed by atoms with E-state index in [9.17, 15) is 4.79 Å². The first-order valence-electron chi connectivity index (χ1n) is 7.92. The van der Waals surface area contributed by atoms with E-state index in [4.69, 9.17) is 27.9 Å². The Bertz CT molecular complexity index is 663. The lowest BCUT2D eigenvalue weighted by Gasteiger charge is -2.35. The predicted octanol–water partition coefficient (Wildman–Crippen LogP) is 5.55. The first kappa shape index (κ1) is 16.7. The molecule has 0 aliphatic carbocycles. The third-order valence-corrected chi connectivity index (χ3v) is 4.82. The Morgan fingerprint density at radius 3 is 2.61 bits per heavy atom. The van der Waals surface area contributed by atoms with Crippen LogP contribution < -0.4 is 0 Å². The van der Waals surface area contributed by atoms with Crippen LogP contribution in [0.2, 0.25) is 10.0 Å². The Morgan fingerprint density at radius 1 is 1.26 bits per heavy atom. The maximum Gasteiger partial charge on any atom is 0.411 e. The highest BCUT2D eigenvalue weighted by molar-refractivity contribution is 6.35. The van der Waals surface area contributed by atoms with Gasteiger partial charge in [0.15, 0.2) is 0 Å². The summed E-state index contributed by atoms with van der Waals surface area (Å²) in [6.07, 6.45) is 4.70. The number of hydrogen-bond donors (Lipinski definition) is 0. The Kier molecular flexibility index (Phi) is 4.37. The van der Waals surface area contributed by atoms with Gasteiger partial charge in [-0.3, -0.25) is 4.90 Å². The van der Waals surface area contributed by atoms with Gasteiger partial charge in [0.05, 0.1) is 6.04 Å². The lowest BCUT2D eigenvalue weighted by atomic mass is 9.95. The standard InChI is InChI=1S/C18H21Cl2NO2/c1-18(2,3)23-17(22)21-13-5-6-14(21)9-11(8-13)15-7-4-12(19)10-16(15)20/h4,7-8,10,13-14H,5-6,9H2,1-3H3. The Hall–Kier alpha value is -1.19. The summed E-state index contributed by atoms with van der Waals surface area (Å²) >= 11 is 12.3. The van der Waals surface area contributed by atoms with Gasteiger partial charge in [-0.25, -0.2) is 4.79 Å². The van der Waals surface area contributed by atoms with Crippen LogP contribution in [0.5, 0.6) is 0 Å². The van der Waals surface area contributed by atoms with Crippen LogP contribution >= 0.6 is 23.2 Å². The number of amides is 1. The molecule has 124 valence electrons. The predicted molar refractivity (Wildman–Crippen MR) is 93.9 cm³/mol. The van der Waals surface area contributed by atoms with Gasteiger partial charge in [0.25, 0.3) is 0 Å². The van der Waals surface area contributed by atoms with Crippen molar-refractivity contribution in [1.82, 2.24) is 4.90 Å². The van der Waals surface area contributed by atoms with E-state index in [1.165, 1.54) is 5.57 Å². The quantitative estimate of drug-likeness (QED) is 0.662. The molecule has 1 aromatic rings. The maximum atomic E-state index is 12.5. The van der Waals surface area contributed by atoms with Gasteiger partial charge < -0.3 is 4.74 Å². The van der Waals surface area contributed by atoms with Crippen LogP contribution in [-0.2, 0) is 4.74 Å². The first-order chi connectivity index (χ1) is 10.7. The third kappa shape index (κ3) is 3.51. The van der Waals surface area contributed by atoms with Crippen molar-refractivity contribution in [3.05, 3.63) is 39.9 Å². The van der Waals surface area contributed by atoms with Crippen LogP contribution in [0.1, 0.15) is 45.6 Å². The third-order valence-electron chi connectivity index (χ3n) is 4.28. The molecule has 0 aromatic heterocycles. The second-order valence-corrected chi connectivity index (χ2v) is 8.05. The molecule has 0 spiro atoms. The van der Waals surface area contributed by atoms with Crippen molar-refractivity contribution in [2.75, 3.05) is 0 Å². The second kappa shape index (κ2) is 6.03. The van der Waals surface area contributed by atoms with E-state index in [0.717, 1.165) is 24.8 Å². The summed E-state index contributed by atoms with van der Waals surface area (Å²) in [7, 11) is 0. The number of ether oxygens (including phenoxy) is 1. The first-order valence-corrected chi connectivity index (χ1v) is 8.67. The average Bonchev–Trinajstić information content (AvgIpc) is 2.68. The highest BCUT2D eigenvalue weighted by Crippen LogP contribution is 2.41. The van der Waals surface area contributed by atoms with Gasteiger partial charge in [-0.1, -0.05) is 35.3 Å². The number of carbonyl (C=O) groups excluding carboxylic acids is 1. The van der Waals surface area contributed by atoms with Crippen molar-refractivity contribution >= 4 is 34.9 Å². The molecule has 1 aromatic carbocycles. The van der Waals surface area contributed by atoms with Crippen LogP contribution in [0, 0.1) is 0 Å². The maximum absolute atomic E-state index is 12.5.